The molecule has 0 spiro atoms. The number of esters is 1. The maximum atomic E-state index is 12.2. The molecule has 1 heterocycles. The van der Waals surface area contributed by atoms with Crippen molar-refractivity contribution in [3.05, 3.63) is 42.2 Å². The van der Waals surface area contributed by atoms with Gasteiger partial charge in [0.1, 0.15) is 5.75 Å². The SMILES string of the molecule is CCCCCCCCOc1ccc(-c2ncc(C(=O)OCCCC(C)CCCC)cn2)cc1. The predicted octanol–water partition coefficient (Wildman–Crippen LogP) is 7.65. The number of hydrogen-bond acceptors (Lipinski definition) is 5. The van der Waals surface area contributed by atoms with Crippen LogP contribution in [0.3, 0.4) is 0 Å². The van der Waals surface area contributed by atoms with Gasteiger partial charge < -0.3 is 9.47 Å². The second kappa shape index (κ2) is 16.2. The molecule has 0 aliphatic heterocycles. The minimum atomic E-state index is -0.360. The van der Waals surface area contributed by atoms with Gasteiger partial charge in [0, 0.05) is 18.0 Å². The Bertz CT molecular complexity index is 775. The second-order valence-corrected chi connectivity index (χ2v) is 8.96. The number of carbonyl (C=O) groups is 1. The zero-order chi connectivity index (χ0) is 23.7. The Hall–Kier alpha value is -2.43. The molecule has 1 aromatic heterocycles. The topological polar surface area (TPSA) is 61.3 Å². The molecule has 0 amide bonds. The van der Waals surface area contributed by atoms with E-state index in [0.717, 1.165) is 37.2 Å². The number of nitrogens with zero attached hydrogens (tertiary/aromatic N) is 2. The first-order valence-corrected chi connectivity index (χ1v) is 12.9. The number of rotatable bonds is 17. The molecule has 2 aromatic rings. The highest BCUT2D eigenvalue weighted by Crippen LogP contribution is 2.20. The minimum absolute atomic E-state index is 0.360. The van der Waals surface area contributed by atoms with Gasteiger partial charge in [0.05, 0.1) is 18.8 Å². The molecule has 0 aliphatic carbocycles. The van der Waals surface area contributed by atoms with Crippen molar-refractivity contribution in [3.63, 3.8) is 0 Å². The lowest BCUT2D eigenvalue weighted by molar-refractivity contribution is 0.0492. The van der Waals surface area contributed by atoms with E-state index >= 15 is 0 Å². The molecular weight excluding hydrogens is 412 g/mol. The zero-order valence-corrected chi connectivity index (χ0v) is 20.9. The highest BCUT2D eigenvalue weighted by Gasteiger charge is 2.10. The normalized spacial score (nSPS) is 11.8. The van der Waals surface area contributed by atoms with Gasteiger partial charge in [0.25, 0.3) is 0 Å². The summed E-state index contributed by atoms with van der Waals surface area (Å²) in [5, 5.41) is 0. The van der Waals surface area contributed by atoms with E-state index < -0.39 is 0 Å². The molecule has 0 aliphatic rings. The summed E-state index contributed by atoms with van der Waals surface area (Å²) in [6, 6.07) is 7.78. The summed E-state index contributed by atoms with van der Waals surface area (Å²) in [5.41, 5.74) is 1.28. The van der Waals surface area contributed by atoms with E-state index in [4.69, 9.17) is 9.47 Å². The number of aromatic nitrogens is 2. The van der Waals surface area contributed by atoms with Gasteiger partial charge >= 0.3 is 5.97 Å². The van der Waals surface area contributed by atoms with Crippen LogP contribution >= 0.6 is 0 Å². The number of carbonyl (C=O) groups excluding carboxylic acids is 1. The molecule has 0 bridgehead atoms. The van der Waals surface area contributed by atoms with E-state index in [1.165, 1.54) is 63.8 Å². The van der Waals surface area contributed by atoms with E-state index in [-0.39, 0.29) is 5.97 Å². The average Bonchev–Trinajstić information content (AvgIpc) is 2.85. The van der Waals surface area contributed by atoms with Gasteiger partial charge in [-0.3, -0.25) is 0 Å². The molecule has 2 rings (SSSR count). The van der Waals surface area contributed by atoms with Crippen molar-refractivity contribution in [2.75, 3.05) is 13.2 Å². The van der Waals surface area contributed by atoms with Crippen molar-refractivity contribution in [2.45, 2.75) is 91.4 Å². The minimum Gasteiger partial charge on any atom is -0.494 e. The Labute approximate surface area is 200 Å². The first-order chi connectivity index (χ1) is 16.1. The van der Waals surface area contributed by atoms with Crippen LogP contribution < -0.4 is 4.74 Å². The van der Waals surface area contributed by atoms with Gasteiger partial charge in [-0.25, -0.2) is 14.8 Å². The Balaban J connectivity index is 1.71. The van der Waals surface area contributed by atoms with Crippen molar-refractivity contribution in [3.8, 4) is 17.1 Å². The van der Waals surface area contributed by atoms with Crippen molar-refractivity contribution in [1.82, 2.24) is 9.97 Å². The smallest absolute Gasteiger partial charge is 0.341 e. The lowest BCUT2D eigenvalue weighted by Crippen LogP contribution is -2.08. The fourth-order valence-corrected chi connectivity index (χ4v) is 3.73. The van der Waals surface area contributed by atoms with Crippen LogP contribution in [0.5, 0.6) is 5.75 Å². The summed E-state index contributed by atoms with van der Waals surface area (Å²) in [5.74, 6) is 1.76. The molecule has 1 atom stereocenters. The van der Waals surface area contributed by atoms with Gasteiger partial charge in [-0.1, -0.05) is 72.1 Å². The van der Waals surface area contributed by atoms with Gasteiger partial charge in [-0.05, 0) is 49.4 Å². The van der Waals surface area contributed by atoms with Crippen LogP contribution in [0.1, 0.15) is 102 Å². The molecule has 0 radical (unpaired) electrons. The van der Waals surface area contributed by atoms with E-state index in [9.17, 15) is 4.79 Å². The highest BCUT2D eigenvalue weighted by molar-refractivity contribution is 5.88. The van der Waals surface area contributed by atoms with E-state index in [2.05, 4.69) is 30.7 Å². The molecular formula is C28H42N2O3. The summed E-state index contributed by atoms with van der Waals surface area (Å²) in [6.45, 7) is 7.90. The maximum Gasteiger partial charge on any atom is 0.341 e. The number of hydrogen-bond donors (Lipinski definition) is 0. The summed E-state index contributed by atoms with van der Waals surface area (Å²) in [7, 11) is 0. The van der Waals surface area contributed by atoms with Crippen LogP contribution in [0.25, 0.3) is 11.4 Å². The van der Waals surface area contributed by atoms with Crippen molar-refractivity contribution in [1.29, 1.82) is 0 Å². The Kier molecular flexibility index (Phi) is 13.2. The predicted molar refractivity (Wildman–Crippen MR) is 135 cm³/mol. The standard InChI is InChI=1S/C28H42N2O3/c1-4-6-8-9-10-11-19-32-26-17-15-24(16-18-26)27-29-21-25(22-30-27)28(31)33-20-12-14-23(3)13-7-5-2/h15-18,21-23H,4-14,19-20H2,1-3H3. The molecule has 33 heavy (non-hydrogen) atoms. The van der Waals surface area contributed by atoms with Gasteiger partial charge in [-0.15, -0.1) is 0 Å². The molecule has 0 fully saturated rings. The molecule has 0 saturated carbocycles. The fraction of sp³-hybridized carbons (Fsp3) is 0.607. The molecule has 5 nitrogen and oxygen atoms in total. The maximum absolute atomic E-state index is 12.2. The largest absolute Gasteiger partial charge is 0.494 e. The quantitative estimate of drug-likeness (QED) is 0.181. The summed E-state index contributed by atoms with van der Waals surface area (Å²) < 4.78 is 11.2. The van der Waals surface area contributed by atoms with Crippen molar-refractivity contribution < 1.29 is 14.3 Å². The van der Waals surface area contributed by atoms with Gasteiger partial charge in [0.15, 0.2) is 5.82 Å². The first kappa shape index (κ1) is 26.8. The van der Waals surface area contributed by atoms with E-state index in [1.807, 2.05) is 24.3 Å². The summed E-state index contributed by atoms with van der Waals surface area (Å²) >= 11 is 0. The zero-order valence-electron chi connectivity index (χ0n) is 20.9. The van der Waals surface area contributed by atoms with Gasteiger partial charge in [0.2, 0.25) is 0 Å². The molecule has 1 aromatic carbocycles. The summed E-state index contributed by atoms with van der Waals surface area (Å²) in [6.07, 6.45) is 16.3. The molecule has 182 valence electrons. The third kappa shape index (κ3) is 10.8. The van der Waals surface area contributed by atoms with E-state index in [1.54, 1.807) is 0 Å². The summed E-state index contributed by atoms with van der Waals surface area (Å²) in [4.78, 5) is 20.9. The first-order valence-electron chi connectivity index (χ1n) is 12.9. The molecule has 0 N–H and O–H groups in total. The van der Waals surface area contributed by atoms with Crippen LogP contribution in [0.2, 0.25) is 0 Å². The highest BCUT2D eigenvalue weighted by atomic mass is 16.5. The Morgan fingerprint density at radius 1 is 0.818 bits per heavy atom. The van der Waals surface area contributed by atoms with Crippen LogP contribution in [0, 0.1) is 5.92 Å². The Morgan fingerprint density at radius 3 is 2.15 bits per heavy atom. The van der Waals surface area contributed by atoms with E-state index in [0.29, 0.717) is 23.9 Å². The Morgan fingerprint density at radius 2 is 1.45 bits per heavy atom. The number of ether oxygens (including phenoxy) is 2. The lowest BCUT2D eigenvalue weighted by atomic mass is 9.99. The fourth-order valence-electron chi connectivity index (χ4n) is 3.73. The van der Waals surface area contributed by atoms with Gasteiger partial charge in [-0.2, -0.15) is 0 Å². The average molecular weight is 455 g/mol. The number of benzene rings is 1. The van der Waals surface area contributed by atoms with Crippen LogP contribution in [0.15, 0.2) is 36.7 Å². The second-order valence-electron chi connectivity index (χ2n) is 8.96. The van der Waals surface area contributed by atoms with Crippen molar-refractivity contribution in [2.24, 2.45) is 5.92 Å². The van der Waals surface area contributed by atoms with Crippen molar-refractivity contribution >= 4 is 5.97 Å². The number of unbranched alkanes of at least 4 members (excludes halogenated alkanes) is 6. The molecule has 5 heteroatoms. The van der Waals surface area contributed by atoms with Crippen LogP contribution in [-0.4, -0.2) is 29.2 Å². The third-order valence-corrected chi connectivity index (χ3v) is 5.89. The molecule has 1 unspecified atom stereocenters. The third-order valence-electron chi connectivity index (χ3n) is 5.89. The molecule has 0 saturated heterocycles. The lowest BCUT2D eigenvalue weighted by Gasteiger charge is -2.10. The monoisotopic (exact) mass is 454 g/mol. The van der Waals surface area contributed by atoms with Crippen LogP contribution in [0.4, 0.5) is 0 Å². The van der Waals surface area contributed by atoms with Crippen LogP contribution in [-0.2, 0) is 4.74 Å².